The average Bonchev–Trinajstić information content (AvgIpc) is 3.97. The Balaban J connectivity index is 1.15. The van der Waals surface area contributed by atoms with Crippen LogP contribution in [0.1, 0.15) is 11.1 Å². The van der Waals surface area contributed by atoms with Crippen molar-refractivity contribution in [3.63, 3.8) is 0 Å². The highest BCUT2D eigenvalue weighted by Gasteiger charge is 2.24. The number of fused-ring (bicyclic) bond motifs is 12. The van der Waals surface area contributed by atoms with Crippen LogP contribution in [0.4, 0.5) is 17.1 Å². The van der Waals surface area contributed by atoms with Gasteiger partial charge < -0.3 is 18.5 Å². The number of anilines is 3. The highest BCUT2D eigenvalue weighted by atomic mass is 16.3. The van der Waals surface area contributed by atoms with Crippen LogP contribution in [0.2, 0.25) is 0 Å². The molecule has 0 amide bonds. The van der Waals surface area contributed by atoms with E-state index in [0.29, 0.717) is 22.5 Å². The smallest absolute Gasteiger partial charge is 0.137 e. The summed E-state index contributed by atoms with van der Waals surface area (Å²) in [4.78, 5) is 2.27. The van der Waals surface area contributed by atoms with Crippen LogP contribution in [0.25, 0.3) is 87.7 Å². The highest BCUT2D eigenvalue weighted by molar-refractivity contribution is 6.25. The molecule has 278 valence electrons. The van der Waals surface area contributed by atoms with Crippen molar-refractivity contribution in [1.29, 1.82) is 10.5 Å². The molecule has 60 heavy (non-hydrogen) atoms. The van der Waals surface area contributed by atoms with Gasteiger partial charge in [0.25, 0.3) is 0 Å². The van der Waals surface area contributed by atoms with Gasteiger partial charge in [0, 0.05) is 44.0 Å². The van der Waals surface area contributed by atoms with Crippen LogP contribution < -0.4 is 4.90 Å². The molecule has 0 spiro atoms. The molecule has 0 unspecified atom stereocenters. The SMILES string of the molecule is N#Cc1cc(-n2c3ccccc3c3ccc4oc5ccccc5c4c32)c(C#N)cc1-n1c2ccc(N(c3ccccc3)c3ccccc3)cc2c2c3ccccc3ccc21. The van der Waals surface area contributed by atoms with E-state index in [-0.39, 0.29) is 0 Å². The summed E-state index contributed by atoms with van der Waals surface area (Å²) in [5, 5.41) is 30.6. The molecule has 0 bridgehead atoms. The average molecular weight is 766 g/mol. The third-order valence-corrected chi connectivity index (χ3v) is 11.9. The number of rotatable bonds is 5. The Bertz CT molecular complexity index is 3760. The van der Waals surface area contributed by atoms with Crippen molar-refractivity contribution in [1.82, 2.24) is 9.13 Å². The second kappa shape index (κ2) is 13.0. The number of hydrogen-bond donors (Lipinski definition) is 0. The summed E-state index contributed by atoms with van der Waals surface area (Å²) in [5.74, 6) is 0. The van der Waals surface area contributed by atoms with Gasteiger partial charge in [-0.15, -0.1) is 0 Å². The van der Waals surface area contributed by atoms with E-state index in [0.717, 1.165) is 93.4 Å². The quantitative estimate of drug-likeness (QED) is 0.175. The fourth-order valence-electron chi connectivity index (χ4n) is 9.42. The number of nitriles is 2. The number of aromatic nitrogens is 2. The minimum atomic E-state index is 0.447. The molecule has 0 saturated heterocycles. The molecule has 6 nitrogen and oxygen atoms in total. The van der Waals surface area contributed by atoms with Gasteiger partial charge in [0.1, 0.15) is 23.3 Å². The van der Waals surface area contributed by atoms with E-state index in [1.54, 1.807) is 0 Å². The van der Waals surface area contributed by atoms with Crippen molar-refractivity contribution in [3.8, 4) is 23.5 Å². The topological polar surface area (TPSA) is 73.8 Å². The van der Waals surface area contributed by atoms with E-state index in [1.165, 1.54) is 0 Å². The summed E-state index contributed by atoms with van der Waals surface area (Å²) < 4.78 is 10.7. The zero-order valence-corrected chi connectivity index (χ0v) is 32.0. The third-order valence-electron chi connectivity index (χ3n) is 11.9. The van der Waals surface area contributed by atoms with Gasteiger partial charge in [-0.3, -0.25) is 0 Å². The second-order valence-electron chi connectivity index (χ2n) is 15.1. The molecule has 0 atom stereocenters. The van der Waals surface area contributed by atoms with Gasteiger partial charge in [0.15, 0.2) is 0 Å². The van der Waals surface area contributed by atoms with Gasteiger partial charge >= 0.3 is 0 Å². The van der Waals surface area contributed by atoms with Gasteiger partial charge in [0.05, 0.1) is 50.0 Å². The molecular weight excluding hydrogens is 735 g/mol. The molecule has 0 saturated carbocycles. The highest BCUT2D eigenvalue weighted by Crippen LogP contribution is 2.45. The summed E-state index contributed by atoms with van der Waals surface area (Å²) >= 11 is 0. The van der Waals surface area contributed by atoms with Gasteiger partial charge in [0.2, 0.25) is 0 Å². The molecule has 0 N–H and O–H groups in total. The molecule has 0 aliphatic carbocycles. The van der Waals surface area contributed by atoms with Crippen molar-refractivity contribution in [3.05, 3.63) is 199 Å². The first-order valence-corrected chi connectivity index (χ1v) is 19.9. The normalized spacial score (nSPS) is 11.6. The van der Waals surface area contributed by atoms with Crippen LogP contribution in [-0.4, -0.2) is 9.13 Å². The van der Waals surface area contributed by atoms with Gasteiger partial charge in [-0.25, -0.2) is 0 Å². The molecule has 12 aromatic rings. The maximum absolute atomic E-state index is 11.1. The molecule has 0 aliphatic heterocycles. The van der Waals surface area contributed by atoms with Crippen LogP contribution in [-0.2, 0) is 0 Å². The molecule has 0 aliphatic rings. The second-order valence-corrected chi connectivity index (χ2v) is 15.1. The fraction of sp³-hybridized carbons (Fsp3) is 0. The van der Waals surface area contributed by atoms with Crippen LogP contribution in [0.5, 0.6) is 0 Å². The first-order valence-electron chi connectivity index (χ1n) is 19.9. The lowest BCUT2D eigenvalue weighted by molar-refractivity contribution is 0.669. The number of furan rings is 1. The molecule has 6 heteroatoms. The lowest BCUT2D eigenvalue weighted by atomic mass is 10.0. The zero-order chi connectivity index (χ0) is 39.9. The molecule has 3 heterocycles. The number of para-hydroxylation sites is 4. The first kappa shape index (κ1) is 33.5. The molecule has 3 aromatic heterocycles. The lowest BCUT2D eigenvalue weighted by Crippen LogP contribution is -2.09. The van der Waals surface area contributed by atoms with Crippen molar-refractivity contribution in [2.45, 2.75) is 0 Å². The summed E-state index contributed by atoms with van der Waals surface area (Å²) in [6, 6.07) is 69.4. The monoisotopic (exact) mass is 765 g/mol. The lowest BCUT2D eigenvalue weighted by Gasteiger charge is -2.25. The van der Waals surface area contributed by atoms with Crippen molar-refractivity contribution < 1.29 is 4.42 Å². The molecular formula is C54H31N5O. The summed E-state index contributed by atoms with van der Waals surface area (Å²) in [5.41, 5.74) is 10.6. The largest absolute Gasteiger partial charge is 0.456 e. The number of hydrogen-bond acceptors (Lipinski definition) is 4. The Morgan fingerprint density at radius 1 is 0.400 bits per heavy atom. The van der Waals surface area contributed by atoms with Crippen molar-refractivity contribution >= 4 is 93.4 Å². The Morgan fingerprint density at radius 2 is 1.00 bits per heavy atom. The first-order chi connectivity index (χ1) is 29.7. The van der Waals surface area contributed by atoms with E-state index in [1.807, 2.05) is 60.7 Å². The van der Waals surface area contributed by atoms with Crippen LogP contribution >= 0.6 is 0 Å². The standard InChI is InChI=1S/C54H31N5O/c55-32-35-30-49(59-45-21-11-9-19-41(45)42-25-28-51-53(54(42)59)43-20-10-12-22-50(43)60-51)36(33-56)29-48(35)58-46-27-24-39(57(37-14-3-1-4-15-37)38-16-5-2-6-17-38)31-44(46)52-40-18-8-7-13-34(40)23-26-47(52)58/h1-31H. The Kier molecular flexibility index (Phi) is 7.26. The van der Waals surface area contributed by atoms with Crippen molar-refractivity contribution in [2.75, 3.05) is 4.90 Å². The van der Waals surface area contributed by atoms with Crippen LogP contribution in [0.15, 0.2) is 192 Å². The molecule has 12 rings (SSSR count). The van der Waals surface area contributed by atoms with Gasteiger partial charge in [-0.1, -0.05) is 103 Å². The maximum atomic E-state index is 11.1. The third kappa shape index (κ3) is 4.80. The summed E-state index contributed by atoms with van der Waals surface area (Å²) in [6.45, 7) is 0. The zero-order valence-electron chi connectivity index (χ0n) is 32.0. The van der Waals surface area contributed by atoms with E-state index in [9.17, 15) is 10.5 Å². The van der Waals surface area contributed by atoms with Crippen LogP contribution in [0, 0.1) is 22.7 Å². The fourth-order valence-corrected chi connectivity index (χ4v) is 9.42. The maximum Gasteiger partial charge on any atom is 0.137 e. The van der Waals surface area contributed by atoms with Crippen molar-refractivity contribution in [2.24, 2.45) is 0 Å². The van der Waals surface area contributed by atoms with E-state index < -0.39 is 0 Å². The molecule has 0 fully saturated rings. The van der Waals surface area contributed by atoms with E-state index in [2.05, 4.69) is 154 Å². The Hall–Kier alpha value is -8.58. The molecule has 0 radical (unpaired) electrons. The van der Waals surface area contributed by atoms with E-state index in [4.69, 9.17) is 4.42 Å². The summed E-state index contributed by atoms with van der Waals surface area (Å²) in [6.07, 6.45) is 0. The Morgan fingerprint density at radius 3 is 1.73 bits per heavy atom. The molecule has 9 aromatic carbocycles. The predicted molar refractivity (Wildman–Crippen MR) is 244 cm³/mol. The summed E-state index contributed by atoms with van der Waals surface area (Å²) in [7, 11) is 0. The Labute approximate surface area is 343 Å². The van der Waals surface area contributed by atoms with Gasteiger partial charge in [-0.2, -0.15) is 10.5 Å². The van der Waals surface area contributed by atoms with E-state index >= 15 is 0 Å². The minimum Gasteiger partial charge on any atom is -0.456 e. The predicted octanol–water partition coefficient (Wildman–Crippen LogP) is 14.1. The number of benzene rings is 9. The number of nitrogens with zero attached hydrogens (tertiary/aromatic N) is 5. The van der Waals surface area contributed by atoms with Crippen LogP contribution in [0.3, 0.4) is 0 Å². The minimum absolute atomic E-state index is 0.447. The van der Waals surface area contributed by atoms with Gasteiger partial charge in [-0.05, 0) is 95.7 Å².